The molecule has 1 saturated heterocycles. The van der Waals surface area contributed by atoms with Gasteiger partial charge in [-0.05, 0) is 39.4 Å². The lowest BCUT2D eigenvalue weighted by Gasteiger charge is -2.38. The van der Waals surface area contributed by atoms with Crippen molar-refractivity contribution in [1.29, 1.82) is 0 Å². The molecule has 3 heteroatoms. The van der Waals surface area contributed by atoms with Gasteiger partial charge in [0, 0.05) is 12.6 Å². The quantitative estimate of drug-likeness (QED) is 0.678. The summed E-state index contributed by atoms with van der Waals surface area (Å²) in [7, 11) is 0. The highest BCUT2D eigenvalue weighted by Crippen LogP contribution is 2.14. The van der Waals surface area contributed by atoms with E-state index in [4.69, 9.17) is 4.74 Å². The third-order valence-corrected chi connectivity index (χ3v) is 3.10. The first-order valence-electron chi connectivity index (χ1n) is 6.34. The Balaban J connectivity index is 2.22. The number of rotatable bonds is 6. The minimum Gasteiger partial charge on any atom is -0.376 e. The van der Waals surface area contributed by atoms with Crippen molar-refractivity contribution in [1.82, 2.24) is 10.2 Å². The van der Waals surface area contributed by atoms with Crippen LogP contribution in [0.2, 0.25) is 0 Å². The van der Waals surface area contributed by atoms with E-state index in [2.05, 4.69) is 31.0 Å². The maximum Gasteiger partial charge on any atom is 0.0674 e. The molecule has 1 N–H and O–H groups in total. The van der Waals surface area contributed by atoms with Crippen LogP contribution in [0, 0.1) is 0 Å². The van der Waals surface area contributed by atoms with Crippen molar-refractivity contribution in [3.8, 4) is 0 Å². The van der Waals surface area contributed by atoms with Crippen LogP contribution < -0.4 is 5.32 Å². The Labute approximate surface area is 94.2 Å². The molecule has 1 fully saturated rings. The smallest absolute Gasteiger partial charge is 0.0674 e. The van der Waals surface area contributed by atoms with Gasteiger partial charge in [-0.3, -0.25) is 4.90 Å². The maximum atomic E-state index is 5.68. The van der Waals surface area contributed by atoms with Crippen molar-refractivity contribution in [2.24, 2.45) is 0 Å². The SMILES string of the molecule is CCNCCCN1CC(C)OCC1CC. The fraction of sp³-hybridized carbons (Fsp3) is 1.00. The molecule has 0 spiro atoms. The van der Waals surface area contributed by atoms with E-state index in [0.29, 0.717) is 12.1 Å². The highest BCUT2D eigenvalue weighted by atomic mass is 16.5. The molecule has 2 atom stereocenters. The van der Waals surface area contributed by atoms with Gasteiger partial charge in [0.05, 0.1) is 12.7 Å². The summed E-state index contributed by atoms with van der Waals surface area (Å²) in [5, 5.41) is 3.37. The molecule has 2 unspecified atom stereocenters. The van der Waals surface area contributed by atoms with E-state index < -0.39 is 0 Å². The van der Waals surface area contributed by atoms with Crippen molar-refractivity contribution in [2.75, 3.05) is 32.8 Å². The van der Waals surface area contributed by atoms with Crippen LogP contribution in [0.3, 0.4) is 0 Å². The van der Waals surface area contributed by atoms with Gasteiger partial charge in [-0.25, -0.2) is 0 Å². The molecule has 3 nitrogen and oxygen atoms in total. The summed E-state index contributed by atoms with van der Waals surface area (Å²) in [5.41, 5.74) is 0. The predicted molar refractivity (Wildman–Crippen MR) is 64.2 cm³/mol. The second kappa shape index (κ2) is 7.20. The van der Waals surface area contributed by atoms with Crippen LogP contribution in [0.5, 0.6) is 0 Å². The summed E-state index contributed by atoms with van der Waals surface area (Å²) in [4.78, 5) is 2.59. The largest absolute Gasteiger partial charge is 0.376 e. The molecule has 0 saturated carbocycles. The Bertz CT molecular complexity index is 164. The van der Waals surface area contributed by atoms with Gasteiger partial charge in [0.2, 0.25) is 0 Å². The third-order valence-electron chi connectivity index (χ3n) is 3.10. The third kappa shape index (κ3) is 4.49. The zero-order valence-electron chi connectivity index (χ0n) is 10.5. The fourth-order valence-electron chi connectivity index (χ4n) is 2.15. The van der Waals surface area contributed by atoms with Crippen molar-refractivity contribution in [3.63, 3.8) is 0 Å². The van der Waals surface area contributed by atoms with Crippen LogP contribution in [0.1, 0.15) is 33.6 Å². The molecular formula is C12H26N2O. The molecule has 1 aliphatic heterocycles. The van der Waals surface area contributed by atoms with Gasteiger partial charge in [-0.15, -0.1) is 0 Å². The molecular weight excluding hydrogens is 188 g/mol. The van der Waals surface area contributed by atoms with E-state index in [1.807, 2.05) is 0 Å². The summed E-state index contributed by atoms with van der Waals surface area (Å²) in [5.74, 6) is 0. The molecule has 0 bridgehead atoms. The second-order valence-electron chi connectivity index (χ2n) is 4.41. The molecule has 0 aliphatic carbocycles. The average molecular weight is 214 g/mol. The molecule has 0 radical (unpaired) electrons. The van der Waals surface area contributed by atoms with Crippen LogP contribution in [0.25, 0.3) is 0 Å². The monoisotopic (exact) mass is 214 g/mol. The fourth-order valence-corrected chi connectivity index (χ4v) is 2.15. The van der Waals surface area contributed by atoms with Gasteiger partial charge in [0.25, 0.3) is 0 Å². The van der Waals surface area contributed by atoms with Crippen LogP contribution >= 0.6 is 0 Å². The molecule has 0 aromatic heterocycles. The number of hydrogen-bond acceptors (Lipinski definition) is 3. The van der Waals surface area contributed by atoms with E-state index in [9.17, 15) is 0 Å². The molecule has 15 heavy (non-hydrogen) atoms. The molecule has 1 aliphatic rings. The summed E-state index contributed by atoms with van der Waals surface area (Å²) >= 11 is 0. The van der Waals surface area contributed by atoms with E-state index in [1.54, 1.807) is 0 Å². The molecule has 1 heterocycles. The van der Waals surface area contributed by atoms with Crippen LogP contribution in [-0.4, -0.2) is 49.8 Å². The van der Waals surface area contributed by atoms with Crippen molar-refractivity contribution >= 4 is 0 Å². The summed E-state index contributed by atoms with van der Waals surface area (Å²) in [6.45, 7) is 12.0. The molecule has 0 aromatic rings. The minimum absolute atomic E-state index is 0.409. The number of nitrogens with zero attached hydrogens (tertiary/aromatic N) is 1. The van der Waals surface area contributed by atoms with Crippen molar-refractivity contribution in [2.45, 2.75) is 45.8 Å². The van der Waals surface area contributed by atoms with E-state index in [0.717, 1.165) is 26.2 Å². The van der Waals surface area contributed by atoms with Gasteiger partial charge in [-0.2, -0.15) is 0 Å². The van der Waals surface area contributed by atoms with Crippen LogP contribution in [0.4, 0.5) is 0 Å². The van der Waals surface area contributed by atoms with Gasteiger partial charge in [-0.1, -0.05) is 13.8 Å². The second-order valence-corrected chi connectivity index (χ2v) is 4.41. The normalized spacial score (nSPS) is 28.2. The summed E-state index contributed by atoms with van der Waals surface area (Å²) in [6, 6.07) is 0.642. The Morgan fingerprint density at radius 2 is 2.20 bits per heavy atom. The number of nitrogens with one attached hydrogen (secondary N) is 1. The molecule has 1 rings (SSSR count). The van der Waals surface area contributed by atoms with Crippen molar-refractivity contribution < 1.29 is 4.74 Å². The number of morpholine rings is 1. The molecule has 0 amide bonds. The summed E-state index contributed by atoms with van der Waals surface area (Å²) < 4.78 is 5.68. The zero-order valence-corrected chi connectivity index (χ0v) is 10.5. The standard InChI is InChI=1S/C12H26N2O/c1-4-12-10-15-11(3)9-14(12)8-6-7-13-5-2/h11-13H,4-10H2,1-3H3. The van der Waals surface area contributed by atoms with Gasteiger partial charge < -0.3 is 10.1 Å². The highest BCUT2D eigenvalue weighted by molar-refractivity contribution is 4.77. The topological polar surface area (TPSA) is 24.5 Å². The average Bonchev–Trinajstić information content (AvgIpc) is 2.25. The first-order valence-corrected chi connectivity index (χ1v) is 6.34. The number of ether oxygens (including phenoxy) is 1. The van der Waals surface area contributed by atoms with Crippen molar-refractivity contribution in [3.05, 3.63) is 0 Å². The Morgan fingerprint density at radius 1 is 1.40 bits per heavy atom. The zero-order chi connectivity index (χ0) is 11.1. The minimum atomic E-state index is 0.409. The molecule has 90 valence electrons. The lowest BCUT2D eigenvalue weighted by molar-refractivity contribution is -0.0558. The van der Waals surface area contributed by atoms with Crippen LogP contribution in [-0.2, 0) is 4.74 Å². The van der Waals surface area contributed by atoms with E-state index >= 15 is 0 Å². The van der Waals surface area contributed by atoms with E-state index in [1.165, 1.54) is 19.4 Å². The lowest BCUT2D eigenvalue weighted by atomic mass is 10.1. The van der Waals surface area contributed by atoms with E-state index in [-0.39, 0.29) is 0 Å². The Morgan fingerprint density at radius 3 is 2.87 bits per heavy atom. The number of hydrogen-bond donors (Lipinski definition) is 1. The van der Waals surface area contributed by atoms with Gasteiger partial charge >= 0.3 is 0 Å². The lowest BCUT2D eigenvalue weighted by Crippen LogP contribution is -2.49. The Hall–Kier alpha value is -0.120. The molecule has 0 aromatic carbocycles. The first-order chi connectivity index (χ1) is 7.27. The maximum absolute atomic E-state index is 5.68. The first kappa shape index (κ1) is 12.9. The predicted octanol–water partition coefficient (Wildman–Crippen LogP) is 1.49. The van der Waals surface area contributed by atoms with Gasteiger partial charge in [0.15, 0.2) is 0 Å². The van der Waals surface area contributed by atoms with Crippen LogP contribution in [0.15, 0.2) is 0 Å². The Kier molecular flexibility index (Phi) is 6.22. The van der Waals surface area contributed by atoms with Gasteiger partial charge in [0.1, 0.15) is 0 Å². The summed E-state index contributed by atoms with van der Waals surface area (Å²) in [6.07, 6.45) is 2.86. The highest BCUT2D eigenvalue weighted by Gasteiger charge is 2.24.